The van der Waals surface area contributed by atoms with Crippen molar-refractivity contribution in [1.29, 1.82) is 0 Å². The van der Waals surface area contributed by atoms with Gasteiger partial charge in [-0.1, -0.05) is 0 Å². The van der Waals surface area contributed by atoms with Gasteiger partial charge in [0.25, 0.3) is 0 Å². The number of benzene rings is 1. The lowest BCUT2D eigenvalue weighted by Gasteiger charge is -2.05. The molecule has 0 radical (unpaired) electrons. The first-order valence-corrected chi connectivity index (χ1v) is 6.80. The maximum Gasteiger partial charge on any atom is 0.335 e. The zero-order valence-corrected chi connectivity index (χ0v) is 11.3. The molecule has 0 unspecified atom stereocenters. The molecule has 0 saturated heterocycles. The largest absolute Gasteiger partial charge is 0.478 e. The van der Waals surface area contributed by atoms with E-state index in [0.29, 0.717) is 5.69 Å². The summed E-state index contributed by atoms with van der Waals surface area (Å²) in [6, 6.07) is 9.71. The molecule has 0 fully saturated rings. The molecule has 6 heteroatoms. The number of nitrogens with zero attached hydrogens (tertiary/aromatic N) is 1. The van der Waals surface area contributed by atoms with Crippen LogP contribution in [0.25, 0.3) is 0 Å². The molecule has 2 N–H and O–H groups in total. The Balaban J connectivity index is 1.86. The van der Waals surface area contributed by atoms with E-state index in [0.717, 1.165) is 4.90 Å². The number of carboxylic acids is 1. The molecular weight excluding hydrogens is 276 g/mol. The summed E-state index contributed by atoms with van der Waals surface area (Å²) >= 11 is 1.41. The number of aromatic carboxylic acids is 1. The van der Waals surface area contributed by atoms with Crippen LogP contribution in [-0.2, 0) is 4.79 Å². The average molecular weight is 288 g/mol. The van der Waals surface area contributed by atoms with Crippen molar-refractivity contribution in [2.24, 2.45) is 0 Å². The van der Waals surface area contributed by atoms with E-state index in [9.17, 15) is 9.59 Å². The zero-order valence-electron chi connectivity index (χ0n) is 10.4. The molecule has 0 saturated carbocycles. The van der Waals surface area contributed by atoms with Crippen LogP contribution in [0.5, 0.6) is 0 Å². The van der Waals surface area contributed by atoms with Gasteiger partial charge in [0.2, 0.25) is 5.91 Å². The van der Waals surface area contributed by atoms with Crippen LogP contribution < -0.4 is 5.32 Å². The van der Waals surface area contributed by atoms with Gasteiger partial charge in [0.15, 0.2) is 0 Å². The second-order valence-electron chi connectivity index (χ2n) is 3.90. The van der Waals surface area contributed by atoms with Gasteiger partial charge < -0.3 is 10.4 Å². The predicted molar refractivity (Wildman–Crippen MR) is 77.0 cm³/mol. The standard InChI is InChI=1S/C14H12N2O3S/c17-13(9-20-12-5-7-15-8-6-12)16-11-3-1-10(2-4-11)14(18)19/h1-8H,9H2,(H,16,17)(H,18,19). The molecule has 102 valence electrons. The highest BCUT2D eigenvalue weighted by atomic mass is 32.2. The van der Waals surface area contributed by atoms with Crippen molar-refractivity contribution in [3.63, 3.8) is 0 Å². The van der Waals surface area contributed by atoms with E-state index in [-0.39, 0.29) is 17.2 Å². The second-order valence-corrected chi connectivity index (χ2v) is 4.95. The topological polar surface area (TPSA) is 79.3 Å². The number of hydrogen-bond donors (Lipinski definition) is 2. The van der Waals surface area contributed by atoms with Gasteiger partial charge in [-0.05, 0) is 36.4 Å². The molecule has 5 nitrogen and oxygen atoms in total. The quantitative estimate of drug-likeness (QED) is 0.826. The first-order valence-electron chi connectivity index (χ1n) is 5.81. The predicted octanol–water partition coefficient (Wildman–Crippen LogP) is 2.51. The van der Waals surface area contributed by atoms with E-state index >= 15 is 0 Å². The van der Waals surface area contributed by atoms with Gasteiger partial charge in [-0.3, -0.25) is 9.78 Å². The van der Waals surface area contributed by atoms with Crippen molar-refractivity contribution in [3.8, 4) is 0 Å². The number of amides is 1. The molecule has 0 spiro atoms. The van der Waals surface area contributed by atoms with Crippen LogP contribution in [0, 0.1) is 0 Å². The third-order valence-electron chi connectivity index (χ3n) is 2.44. The lowest BCUT2D eigenvalue weighted by Crippen LogP contribution is -2.14. The molecule has 1 aromatic heterocycles. The lowest BCUT2D eigenvalue weighted by molar-refractivity contribution is -0.113. The van der Waals surface area contributed by atoms with Crippen molar-refractivity contribution >= 4 is 29.3 Å². The van der Waals surface area contributed by atoms with Gasteiger partial charge in [0.05, 0.1) is 11.3 Å². The molecule has 0 aliphatic heterocycles. The summed E-state index contributed by atoms with van der Waals surface area (Å²) in [5, 5.41) is 11.5. The number of carboxylic acid groups (broad SMARTS) is 1. The van der Waals surface area contributed by atoms with Crippen molar-refractivity contribution in [3.05, 3.63) is 54.4 Å². The monoisotopic (exact) mass is 288 g/mol. The zero-order chi connectivity index (χ0) is 14.4. The Morgan fingerprint density at radius 1 is 1.10 bits per heavy atom. The van der Waals surface area contributed by atoms with Crippen molar-refractivity contribution in [2.75, 3.05) is 11.1 Å². The minimum Gasteiger partial charge on any atom is -0.478 e. The number of aromatic nitrogens is 1. The number of nitrogens with one attached hydrogen (secondary N) is 1. The Hall–Kier alpha value is -2.34. The van der Waals surface area contributed by atoms with Gasteiger partial charge in [-0.2, -0.15) is 0 Å². The van der Waals surface area contributed by atoms with Gasteiger partial charge in [-0.15, -0.1) is 11.8 Å². The molecule has 0 aliphatic rings. The molecular formula is C14H12N2O3S. The average Bonchev–Trinajstić information content (AvgIpc) is 2.47. The van der Waals surface area contributed by atoms with Crippen LogP contribution >= 0.6 is 11.8 Å². The van der Waals surface area contributed by atoms with Gasteiger partial charge in [-0.25, -0.2) is 4.79 Å². The molecule has 1 amide bonds. The molecule has 1 aromatic carbocycles. The summed E-state index contributed by atoms with van der Waals surface area (Å²) in [6.07, 6.45) is 3.34. The van der Waals surface area contributed by atoms with E-state index < -0.39 is 5.97 Å². The van der Waals surface area contributed by atoms with Crippen LogP contribution in [0.15, 0.2) is 53.7 Å². The van der Waals surface area contributed by atoms with Crippen molar-refractivity contribution in [2.45, 2.75) is 4.90 Å². The number of thioether (sulfide) groups is 1. The highest BCUT2D eigenvalue weighted by Crippen LogP contribution is 2.17. The number of pyridine rings is 1. The number of anilines is 1. The SMILES string of the molecule is O=C(CSc1ccncc1)Nc1ccc(C(=O)O)cc1. The fourth-order valence-corrected chi connectivity index (χ4v) is 2.16. The fourth-order valence-electron chi connectivity index (χ4n) is 1.48. The summed E-state index contributed by atoms with van der Waals surface area (Å²) in [7, 11) is 0. The summed E-state index contributed by atoms with van der Waals surface area (Å²) < 4.78 is 0. The molecule has 20 heavy (non-hydrogen) atoms. The summed E-state index contributed by atoms with van der Waals surface area (Å²) in [5.74, 6) is -0.851. The van der Waals surface area contributed by atoms with E-state index in [2.05, 4.69) is 10.3 Å². The Labute approximate surface area is 120 Å². The molecule has 2 aromatic rings. The normalized spacial score (nSPS) is 10.0. The molecule has 1 heterocycles. The number of carbonyl (C=O) groups is 2. The lowest BCUT2D eigenvalue weighted by atomic mass is 10.2. The molecule has 2 rings (SSSR count). The highest BCUT2D eigenvalue weighted by molar-refractivity contribution is 8.00. The van der Waals surface area contributed by atoms with E-state index in [4.69, 9.17) is 5.11 Å². The van der Waals surface area contributed by atoms with Crippen LogP contribution in [0.4, 0.5) is 5.69 Å². The maximum absolute atomic E-state index is 11.7. The summed E-state index contributed by atoms with van der Waals surface area (Å²) in [5.41, 5.74) is 0.768. The minimum atomic E-state index is -0.990. The maximum atomic E-state index is 11.7. The van der Waals surface area contributed by atoms with Gasteiger partial charge in [0.1, 0.15) is 0 Å². The van der Waals surface area contributed by atoms with Crippen molar-refractivity contribution < 1.29 is 14.7 Å². The second kappa shape index (κ2) is 6.72. The first-order chi connectivity index (χ1) is 9.65. The molecule has 0 bridgehead atoms. The highest BCUT2D eigenvalue weighted by Gasteiger charge is 2.05. The van der Waals surface area contributed by atoms with Crippen LogP contribution in [-0.4, -0.2) is 27.7 Å². The fraction of sp³-hybridized carbons (Fsp3) is 0.0714. The smallest absolute Gasteiger partial charge is 0.335 e. The Morgan fingerprint density at radius 2 is 1.75 bits per heavy atom. The van der Waals surface area contributed by atoms with E-state index in [1.807, 2.05) is 12.1 Å². The Morgan fingerprint density at radius 3 is 2.35 bits per heavy atom. The molecule has 0 aliphatic carbocycles. The van der Waals surface area contributed by atoms with E-state index in [1.54, 1.807) is 24.5 Å². The van der Waals surface area contributed by atoms with Crippen LogP contribution in [0.2, 0.25) is 0 Å². The minimum absolute atomic E-state index is 0.144. The number of rotatable bonds is 5. The van der Waals surface area contributed by atoms with Crippen molar-refractivity contribution in [1.82, 2.24) is 4.98 Å². The molecule has 0 atom stereocenters. The summed E-state index contributed by atoms with van der Waals surface area (Å²) in [4.78, 5) is 27.3. The summed E-state index contributed by atoms with van der Waals surface area (Å²) in [6.45, 7) is 0. The van der Waals surface area contributed by atoms with Crippen LogP contribution in [0.3, 0.4) is 0 Å². The number of hydrogen-bond acceptors (Lipinski definition) is 4. The Kier molecular flexibility index (Phi) is 4.73. The third kappa shape index (κ3) is 4.10. The van der Waals surface area contributed by atoms with E-state index in [1.165, 1.54) is 23.9 Å². The third-order valence-corrected chi connectivity index (χ3v) is 3.45. The van der Waals surface area contributed by atoms with Crippen LogP contribution in [0.1, 0.15) is 10.4 Å². The first kappa shape index (κ1) is 14.1. The number of carbonyl (C=O) groups excluding carboxylic acids is 1. The van der Waals surface area contributed by atoms with Gasteiger partial charge >= 0.3 is 5.97 Å². The van der Waals surface area contributed by atoms with Gasteiger partial charge in [0, 0.05) is 23.0 Å². The Bertz CT molecular complexity index is 600.